The number of aliphatic carboxylic acids is 2. The SMILES string of the molecule is CSCC[C@H](NC(=O)[C@H](CC(=O)O)NC(=O)[C@H](CCCCN)NC(=O)[C@H](Cc1ccccc1)NC(=O)[C@H](CO)NC(=O)[C@@H](N)Cc1ccc(O)cc1)C(=O)N1CCC[C@H]1C(=O)N[C@@H](CC(C)C)C(=O)N[C@H](C)C(=O)N[C@@H](CCCN=C(N)N)C(=O)O. The number of nitrogens with two attached hydrogens (primary N) is 4. The van der Waals surface area contributed by atoms with E-state index in [0.717, 1.165) is 0 Å². The second-order valence-electron chi connectivity index (χ2n) is 21.3. The quantitative estimate of drug-likeness (QED) is 0.0180. The van der Waals surface area contributed by atoms with Crippen LogP contribution in [-0.4, -0.2) is 195 Å². The number of aliphatic imine (C=N–C) groups is 1. The van der Waals surface area contributed by atoms with E-state index in [1.807, 2.05) is 0 Å². The average Bonchev–Trinajstić information content (AvgIpc) is 3.87. The molecule has 0 bridgehead atoms. The molecule has 0 radical (unpaired) electrons. The second-order valence-corrected chi connectivity index (χ2v) is 22.3. The number of benzene rings is 2. The van der Waals surface area contributed by atoms with Gasteiger partial charge >= 0.3 is 11.9 Å². The smallest absolute Gasteiger partial charge is 0.326 e. The van der Waals surface area contributed by atoms with Crippen molar-refractivity contribution in [2.75, 3.05) is 38.2 Å². The third kappa shape index (κ3) is 25.2. The van der Waals surface area contributed by atoms with Crippen LogP contribution in [0.3, 0.4) is 0 Å². The largest absolute Gasteiger partial charge is 0.508 e. The highest BCUT2D eigenvalue weighted by Crippen LogP contribution is 2.21. The van der Waals surface area contributed by atoms with E-state index in [0.29, 0.717) is 29.7 Å². The van der Waals surface area contributed by atoms with Crippen LogP contribution in [0.4, 0.5) is 0 Å². The summed E-state index contributed by atoms with van der Waals surface area (Å²) in [6.45, 7) is 4.36. The van der Waals surface area contributed by atoms with Gasteiger partial charge in [0.25, 0.3) is 0 Å². The van der Waals surface area contributed by atoms with E-state index in [9.17, 15) is 73.2 Å². The Kier molecular flexibility index (Phi) is 31.4. The fraction of sp³-hybridized carbons (Fsp3) is 0.571. The molecule has 30 heteroatoms. The van der Waals surface area contributed by atoms with Crippen LogP contribution in [-0.2, 0) is 65.6 Å². The van der Waals surface area contributed by atoms with Gasteiger partial charge in [-0.1, -0.05) is 56.3 Å². The number of phenolic OH excluding ortho intramolecular Hbond substituents is 1. The molecule has 0 saturated carbocycles. The van der Waals surface area contributed by atoms with Crippen LogP contribution in [0.25, 0.3) is 0 Å². The zero-order valence-corrected chi connectivity index (χ0v) is 49.8. The van der Waals surface area contributed by atoms with Crippen molar-refractivity contribution < 1.29 is 73.2 Å². The molecule has 1 fully saturated rings. The van der Waals surface area contributed by atoms with Crippen molar-refractivity contribution in [3.63, 3.8) is 0 Å². The number of guanidine groups is 1. The van der Waals surface area contributed by atoms with Crippen LogP contribution in [0.2, 0.25) is 0 Å². The average molecular weight is 1230 g/mol. The van der Waals surface area contributed by atoms with Gasteiger partial charge in [0.2, 0.25) is 53.2 Å². The summed E-state index contributed by atoms with van der Waals surface area (Å²) >= 11 is 1.32. The molecule has 0 aromatic heterocycles. The molecule has 476 valence electrons. The monoisotopic (exact) mass is 1230 g/mol. The van der Waals surface area contributed by atoms with Gasteiger partial charge in [0.1, 0.15) is 60.1 Å². The minimum absolute atomic E-state index is 0.00273. The van der Waals surface area contributed by atoms with E-state index in [-0.39, 0.29) is 95.0 Å². The van der Waals surface area contributed by atoms with Gasteiger partial charge < -0.3 is 90.8 Å². The van der Waals surface area contributed by atoms with Crippen LogP contribution < -0.4 is 65.5 Å². The van der Waals surface area contributed by atoms with E-state index in [4.69, 9.17) is 22.9 Å². The lowest BCUT2D eigenvalue weighted by Crippen LogP contribution is -2.61. The Hall–Kier alpha value is -8.09. The zero-order chi connectivity index (χ0) is 64.0. The lowest BCUT2D eigenvalue weighted by molar-refractivity contribution is -0.144. The molecule has 0 aliphatic carbocycles. The number of aliphatic hydroxyl groups excluding tert-OH is 1. The van der Waals surface area contributed by atoms with E-state index >= 15 is 0 Å². The van der Waals surface area contributed by atoms with Crippen molar-refractivity contribution in [2.45, 2.75) is 158 Å². The van der Waals surface area contributed by atoms with E-state index in [2.05, 4.69) is 47.5 Å². The molecule has 20 N–H and O–H groups in total. The first-order valence-electron chi connectivity index (χ1n) is 28.4. The van der Waals surface area contributed by atoms with Crippen molar-refractivity contribution >= 4 is 82.8 Å². The number of aromatic hydroxyl groups is 1. The van der Waals surface area contributed by atoms with Crippen LogP contribution >= 0.6 is 11.8 Å². The number of thioether (sulfide) groups is 1. The van der Waals surface area contributed by atoms with E-state index in [1.54, 1.807) is 62.6 Å². The number of phenols is 1. The summed E-state index contributed by atoms with van der Waals surface area (Å²) < 4.78 is 0. The van der Waals surface area contributed by atoms with Crippen LogP contribution in [0, 0.1) is 5.92 Å². The topological polar surface area (TPSA) is 485 Å². The van der Waals surface area contributed by atoms with Gasteiger partial charge in [0.15, 0.2) is 5.96 Å². The lowest BCUT2D eigenvalue weighted by Gasteiger charge is -2.31. The van der Waals surface area contributed by atoms with Crippen molar-refractivity contribution in [3.05, 3.63) is 65.7 Å². The molecule has 2 aromatic carbocycles. The summed E-state index contributed by atoms with van der Waals surface area (Å²) in [6.07, 6.45) is 1.90. The van der Waals surface area contributed by atoms with E-state index < -0.39 is 139 Å². The number of rotatable bonds is 38. The number of carboxylic acid groups (broad SMARTS) is 2. The number of unbranched alkanes of at least 4 members (excludes halogenated alkanes) is 1. The fourth-order valence-corrected chi connectivity index (χ4v) is 9.62. The highest BCUT2D eigenvalue weighted by Gasteiger charge is 2.41. The Morgan fingerprint density at radius 2 is 1.20 bits per heavy atom. The molecule has 1 heterocycles. The molecule has 10 atom stereocenters. The summed E-state index contributed by atoms with van der Waals surface area (Å²) in [5, 5.41) is 59.7. The number of amides is 9. The van der Waals surface area contributed by atoms with Crippen molar-refractivity contribution in [1.29, 1.82) is 0 Å². The summed E-state index contributed by atoms with van der Waals surface area (Å²) in [5.41, 5.74) is 23.7. The summed E-state index contributed by atoms with van der Waals surface area (Å²) in [5.74, 6) is -10.7. The molecular weight excluding hydrogens is 1140 g/mol. The third-order valence-corrected chi connectivity index (χ3v) is 14.4. The van der Waals surface area contributed by atoms with Crippen molar-refractivity contribution in [3.8, 4) is 5.75 Å². The Labute approximate surface area is 503 Å². The summed E-state index contributed by atoms with van der Waals surface area (Å²) in [4.78, 5) is 154. The Morgan fingerprint density at radius 3 is 1.80 bits per heavy atom. The first-order valence-corrected chi connectivity index (χ1v) is 29.8. The number of carbonyl (C=O) groups excluding carboxylic acids is 9. The molecule has 1 aliphatic heterocycles. The number of hydrogen-bond acceptors (Lipinski definition) is 17. The van der Waals surface area contributed by atoms with Gasteiger partial charge in [-0.2, -0.15) is 11.8 Å². The third-order valence-electron chi connectivity index (χ3n) is 13.8. The molecular formula is C56H86N14O15S. The number of carboxylic acids is 2. The molecule has 1 aliphatic rings. The molecule has 86 heavy (non-hydrogen) atoms. The standard InChI is InChI=1S/C56H86N14O15S/c1-31(2)26-40(49(78)62-32(3)46(75)65-39(55(84)85)15-10-23-61-56(59)60)68-53(82)44-16-11-24-70(44)54(83)38(21-25-86-4)64-51(80)42(29-45(73)74)67-48(77)37(14-8-9-22-57)63-50(79)41(28-33-12-6-5-7-13-33)66-52(81)43(30-71)69-47(76)36(58)27-34-17-19-35(72)20-18-34/h5-7,12-13,17-20,31-32,36-44,71-72H,8-11,14-16,21-30,57-58H2,1-4H3,(H,62,78)(H,63,79)(H,64,80)(H,65,75)(H,66,81)(H,67,77)(H,68,82)(H,69,76)(H,73,74)(H,84,85)(H4,59,60,61)/t32-,36+,37+,38+,39+,40+,41+,42+,43+,44+/m1/s1. The second kappa shape index (κ2) is 37.4. The maximum atomic E-state index is 14.5. The minimum Gasteiger partial charge on any atom is -0.508 e. The predicted molar refractivity (Wildman–Crippen MR) is 318 cm³/mol. The van der Waals surface area contributed by atoms with Crippen LogP contribution in [0.5, 0.6) is 5.75 Å². The van der Waals surface area contributed by atoms with Crippen LogP contribution in [0.15, 0.2) is 59.6 Å². The molecule has 0 spiro atoms. The van der Waals surface area contributed by atoms with E-state index in [1.165, 1.54) is 35.7 Å². The number of hydrogen-bond donors (Lipinski definition) is 16. The molecule has 0 unspecified atom stereocenters. The highest BCUT2D eigenvalue weighted by molar-refractivity contribution is 7.98. The van der Waals surface area contributed by atoms with Gasteiger partial charge in [-0.3, -0.25) is 52.9 Å². The number of nitrogens with one attached hydrogen (secondary N) is 8. The predicted octanol–water partition coefficient (Wildman–Crippen LogP) is -3.07. The van der Waals surface area contributed by atoms with Crippen molar-refractivity contribution in [2.24, 2.45) is 33.8 Å². The summed E-state index contributed by atoms with van der Waals surface area (Å²) in [7, 11) is 0. The van der Waals surface area contributed by atoms with Gasteiger partial charge in [0, 0.05) is 19.5 Å². The molecule has 9 amide bonds. The Morgan fingerprint density at radius 1 is 0.640 bits per heavy atom. The first-order chi connectivity index (χ1) is 40.8. The zero-order valence-electron chi connectivity index (χ0n) is 49.0. The van der Waals surface area contributed by atoms with Crippen molar-refractivity contribution in [1.82, 2.24) is 47.4 Å². The molecule has 29 nitrogen and oxygen atoms in total. The van der Waals surface area contributed by atoms with Crippen LogP contribution in [0.1, 0.15) is 96.1 Å². The molecule has 3 rings (SSSR count). The number of aliphatic hydroxyl groups is 1. The Bertz CT molecular complexity index is 2630. The first kappa shape index (κ1) is 72.2. The molecule has 2 aromatic rings. The number of likely N-dealkylation sites (tertiary alicyclic amines) is 1. The number of carbonyl (C=O) groups is 11. The summed E-state index contributed by atoms with van der Waals surface area (Å²) in [6, 6.07) is 0.483. The van der Waals surface area contributed by atoms with Gasteiger partial charge in [0.05, 0.1) is 19.1 Å². The van der Waals surface area contributed by atoms with Gasteiger partial charge in [-0.25, -0.2) is 4.79 Å². The molecule has 1 saturated heterocycles. The maximum Gasteiger partial charge on any atom is 0.326 e. The fourth-order valence-electron chi connectivity index (χ4n) is 9.15. The van der Waals surface area contributed by atoms with Gasteiger partial charge in [-0.15, -0.1) is 0 Å². The highest BCUT2D eigenvalue weighted by atomic mass is 32.2. The maximum absolute atomic E-state index is 14.5. The number of nitrogens with zero attached hydrogens (tertiary/aromatic N) is 2. The van der Waals surface area contributed by atoms with Gasteiger partial charge in [-0.05, 0) is 119 Å². The minimum atomic E-state index is -1.84. The Balaban J connectivity index is 1.82. The normalized spacial score (nSPS) is 16.0. The lowest BCUT2D eigenvalue weighted by atomic mass is 10.0.